The molecule has 4 rings (SSSR count). The van der Waals surface area contributed by atoms with Gasteiger partial charge in [-0.25, -0.2) is 0 Å². The zero-order valence-electron chi connectivity index (χ0n) is 17.8. The summed E-state index contributed by atoms with van der Waals surface area (Å²) in [4.78, 5) is 43.5. The number of fused-ring (bicyclic) bond motifs is 3. The minimum atomic E-state index is -1.08. The Morgan fingerprint density at radius 3 is 2.70 bits per heavy atom. The number of imide groups is 1. The van der Waals surface area contributed by atoms with Gasteiger partial charge in [0.05, 0.1) is 26.1 Å². The number of likely N-dealkylation sites (tertiary alicyclic amines) is 1. The molecule has 8 heteroatoms. The molecule has 0 radical (unpaired) electrons. The van der Waals surface area contributed by atoms with Crippen molar-refractivity contribution in [3.63, 3.8) is 0 Å². The number of ether oxygens (including phenoxy) is 2. The molecule has 3 unspecified atom stereocenters. The maximum absolute atomic E-state index is 13.1. The van der Waals surface area contributed by atoms with Crippen LogP contribution in [0.5, 0.6) is 5.75 Å². The van der Waals surface area contributed by atoms with Crippen LogP contribution >= 0.6 is 11.8 Å². The van der Waals surface area contributed by atoms with Crippen molar-refractivity contribution in [3.05, 3.63) is 23.8 Å². The van der Waals surface area contributed by atoms with Crippen LogP contribution in [0.15, 0.2) is 23.1 Å². The molecule has 2 amide bonds. The summed E-state index contributed by atoms with van der Waals surface area (Å²) >= 11 is 1.73. The second kappa shape index (κ2) is 7.89. The lowest BCUT2D eigenvalue weighted by Crippen LogP contribution is -2.54. The van der Waals surface area contributed by atoms with Crippen LogP contribution in [0.25, 0.3) is 0 Å². The van der Waals surface area contributed by atoms with E-state index < -0.39 is 23.3 Å². The molecule has 0 aliphatic carbocycles. The van der Waals surface area contributed by atoms with Gasteiger partial charge >= 0.3 is 5.97 Å². The van der Waals surface area contributed by atoms with E-state index in [2.05, 4.69) is 6.92 Å². The molecule has 3 aliphatic rings. The molecule has 3 fully saturated rings. The first-order chi connectivity index (χ1) is 14.4. The lowest BCUT2D eigenvalue weighted by molar-refractivity contribution is -0.158. The van der Waals surface area contributed by atoms with Gasteiger partial charge in [0, 0.05) is 18.0 Å². The van der Waals surface area contributed by atoms with Crippen LogP contribution in [0, 0.1) is 11.8 Å². The Kier molecular flexibility index (Phi) is 5.57. The Morgan fingerprint density at radius 2 is 2.03 bits per heavy atom. The highest BCUT2D eigenvalue weighted by atomic mass is 32.2. The van der Waals surface area contributed by atoms with Crippen molar-refractivity contribution < 1.29 is 23.9 Å². The Hall–Kier alpha value is -2.06. The highest BCUT2D eigenvalue weighted by Crippen LogP contribution is 2.59. The minimum absolute atomic E-state index is 0.226. The lowest BCUT2D eigenvalue weighted by Gasteiger charge is -2.35. The number of benzene rings is 1. The first-order valence-corrected chi connectivity index (χ1v) is 11.4. The van der Waals surface area contributed by atoms with Gasteiger partial charge in [0.25, 0.3) is 0 Å². The van der Waals surface area contributed by atoms with Crippen LogP contribution in [-0.4, -0.2) is 66.7 Å². The van der Waals surface area contributed by atoms with Crippen LogP contribution in [-0.2, 0) is 19.1 Å². The number of carbonyl (C=O) groups excluding carboxylic acids is 3. The monoisotopic (exact) mass is 432 g/mol. The standard InChI is InChI=1S/C22H28N2O5S/c1-5-11-30-15-8-7-13(12-14(15)28-3)18-16-17(20(26)23(2)19(16)25)22(21(27)29-4)9-6-10-24(18)22/h7-8,12,16-18H,5-6,9-11H2,1-4H3/t16?,17?,18?,22-/m0/s1. The fourth-order valence-electron chi connectivity index (χ4n) is 5.54. The molecular weight excluding hydrogens is 404 g/mol. The number of esters is 1. The Bertz CT molecular complexity index is 890. The quantitative estimate of drug-likeness (QED) is 0.388. The van der Waals surface area contributed by atoms with Crippen molar-refractivity contribution in [2.45, 2.75) is 42.7 Å². The summed E-state index contributed by atoms with van der Waals surface area (Å²) in [5, 5.41) is 0. The highest BCUT2D eigenvalue weighted by Gasteiger charge is 2.73. The number of hydrogen-bond acceptors (Lipinski definition) is 7. The summed E-state index contributed by atoms with van der Waals surface area (Å²) in [6.07, 6.45) is 2.35. The third-order valence-corrected chi connectivity index (χ3v) is 8.02. The number of methoxy groups -OCH3 is 2. The number of thioether (sulfide) groups is 1. The summed E-state index contributed by atoms with van der Waals surface area (Å²) in [5.41, 5.74) is -0.184. The molecule has 30 heavy (non-hydrogen) atoms. The van der Waals surface area contributed by atoms with Crippen LogP contribution in [0.2, 0.25) is 0 Å². The van der Waals surface area contributed by atoms with E-state index in [1.807, 2.05) is 23.1 Å². The number of hydrogen-bond donors (Lipinski definition) is 0. The number of amides is 2. The normalized spacial score (nSPS) is 30.5. The topological polar surface area (TPSA) is 76.2 Å². The van der Waals surface area contributed by atoms with Gasteiger partial charge in [-0.15, -0.1) is 11.8 Å². The van der Waals surface area contributed by atoms with Crippen LogP contribution in [0.1, 0.15) is 37.8 Å². The molecule has 0 spiro atoms. The van der Waals surface area contributed by atoms with Gasteiger partial charge in [-0.05, 0) is 49.3 Å². The predicted octanol–water partition coefficient (Wildman–Crippen LogP) is 2.49. The fraction of sp³-hybridized carbons (Fsp3) is 0.591. The molecule has 3 heterocycles. The van der Waals surface area contributed by atoms with Crippen molar-refractivity contribution in [3.8, 4) is 5.75 Å². The number of nitrogens with zero attached hydrogens (tertiary/aromatic N) is 2. The molecule has 0 aromatic heterocycles. The zero-order chi connectivity index (χ0) is 21.6. The highest BCUT2D eigenvalue weighted by molar-refractivity contribution is 7.99. The Balaban J connectivity index is 1.83. The van der Waals surface area contributed by atoms with Crippen LogP contribution < -0.4 is 4.74 Å². The summed E-state index contributed by atoms with van der Waals surface area (Å²) in [6, 6.07) is 5.62. The smallest absolute Gasteiger partial charge is 0.327 e. The third kappa shape index (κ3) is 2.80. The van der Waals surface area contributed by atoms with Gasteiger partial charge in [0.15, 0.2) is 0 Å². The van der Waals surface area contributed by atoms with Crippen molar-refractivity contribution >= 4 is 29.5 Å². The molecule has 0 N–H and O–H groups in total. The lowest BCUT2D eigenvalue weighted by atomic mass is 9.77. The molecule has 0 bridgehead atoms. The molecule has 7 nitrogen and oxygen atoms in total. The predicted molar refractivity (Wildman–Crippen MR) is 112 cm³/mol. The van der Waals surface area contributed by atoms with Gasteiger partial charge in [0.2, 0.25) is 11.8 Å². The van der Waals surface area contributed by atoms with E-state index in [4.69, 9.17) is 9.47 Å². The maximum Gasteiger partial charge on any atom is 0.327 e. The van der Waals surface area contributed by atoms with Crippen molar-refractivity contribution in [1.82, 2.24) is 9.80 Å². The molecule has 3 saturated heterocycles. The molecule has 1 aromatic rings. The maximum atomic E-state index is 13.1. The average molecular weight is 433 g/mol. The number of carbonyl (C=O) groups is 3. The van der Waals surface area contributed by atoms with Crippen molar-refractivity contribution in [2.24, 2.45) is 11.8 Å². The van der Waals surface area contributed by atoms with E-state index in [0.717, 1.165) is 34.8 Å². The second-order valence-corrected chi connectivity index (χ2v) is 9.29. The van der Waals surface area contributed by atoms with Gasteiger partial charge in [-0.2, -0.15) is 0 Å². The Labute approximate surface area is 181 Å². The molecule has 3 aliphatic heterocycles. The summed E-state index contributed by atoms with van der Waals surface area (Å²) in [5.74, 6) is -0.503. The summed E-state index contributed by atoms with van der Waals surface area (Å²) in [6.45, 7) is 2.77. The zero-order valence-corrected chi connectivity index (χ0v) is 18.7. The van der Waals surface area contributed by atoms with E-state index in [9.17, 15) is 14.4 Å². The van der Waals surface area contributed by atoms with E-state index in [-0.39, 0.29) is 17.9 Å². The average Bonchev–Trinajstić information content (AvgIpc) is 3.37. The van der Waals surface area contributed by atoms with E-state index in [0.29, 0.717) is 13.0 Å². The van der Waals surface area contributed by atoms with E-state index in [1.165, 1.54) is 19.1 Å². The van der Waals surface area contributed by atoms with Crippen LogP contribution in [0.4, 0.5) is 0 Å². The molecular formula is C22H28N2O5S. The van der Waals surface area contributed by atoms with Gasteiger partial charge in [0.1, 0.15) is 11.3 Å². The molecule has 162 valence electrons. The summed E-state index contributed by atoms with van der Waals surface area (Å²) in [7, 11) is 4.50. The SMILES string of the molecule is CCCSc1ccc(C2C3C(=O)N(C)C(=O)C3[C@]3(C(=O)OC)CCCN23)cc1OC. The third-order valence-electron chi connectivity index (χ3n) is 6.76. The van der Waals surface area contributed by atoms with Crippen molar-refractivity contribution in [1.29, 1.82) is 0 Å². The second-order valence-electron chi connectivity index (χ2n) is 8.16. The van der Waals surface area contributed by atoms with Crippen LogP contribution in [0.3, 0.4) is 0 Å². The molecule has 0 saturated carbocycles. The van der Waals surface area contributed by atoms with Gasteiger partial charge < -0.3 is 9.47 Å². The molecule has 1 aromatic carbocycles. The van der Waals surface area contributed by atoms with Gasteiger partial charge in [-0.3, -0.25) is 24.2 Å². The van der Waals surface area contributed by atoms with Crippen molar-refractivity contribution in [2.75, 3.05) is 33.6 Å². The molecule has 4 atom stereocenters. The first kappa shape index (κ1) is 21.2. The first-order valence-electron chi connectivity index (χ1n) is 10.4. The fourth-order valence-corrected chi connectivity index (χ4v) is 6.42. The van der Waals surface area contributed by atoms with Gasteiger partial charge in [-0.1, -0.05) is 13.0 Å². The minimum Gasteiger partial charge on any atom is -0.496 e. The number of rotatable bonds is 6. The van der Waals surface area contributed by atoms with E-state index >= 15 is 0 Å². The Morgan fingerprint density at radius 1 is 1.27 bits per heavy atom. The summed E-state index contributed by atoms with van der Waals surface area (Å²) < 4.78 is 10.8. The van der Waals surface area contributed by atoms with E-state index in [1.54, 1.807) is 18.9 Å². The largest absolute Gasteiger partial charge is 0.496 e.